The highest BCUT2D eigenvalue weighted by atomic mass is 32.1. The van der Waals surface area contributed by atoms with Crippen molar-refractivity contribution < 1.29 is 14.3 Å². The lowest BCUT2D eigenvalue weighted by Gasteiger charge is -2.40. The zero-order chi connectivity index (χ0) is 21.1. The molecule has 0 atom stereocenters. The van der Waals surface area contributed by atoms with E-state index in [1.54, 1.807) is 14.2 Å². The van der Waals surface area contributed by atoms with E-state index in [4.69, 9.17) is 14.5 Å². The highest BCUT2D eigenvalue weighted by Crippen LogP contribution is 2.37. The van der Waals surface area contributed by atoms with Crippen LogP contribution in [0.2, 0.25) is 0 Å². The highest BCUT2D eigenvalue weighted by Gasteiger charge is 2.30. The number of amides is 1. The van der Waals surface area contributed by atoms with Crippen molar-refractivity contribution in [2.45, 2.75) is 45.1 Å². The van der Waals surface area contributed by atoms with E-state index in [0.717, 1.165) is 58.6 Å². The molecule has 0 radical (unpaired) electrons. The van der Waals surface area contributed by atoms with Gasteiger partial charge in [-0.25, -0.2) is 4.98 Å². The second-order valence-electron chi connectivity index (χ2n) is 8.12. The summed E-state index contributed by atoms with van der Waals surface area (Å²) < 4.78 is 10.9. The average molecular weight is 430 g/mol. The molecule has 0 N–H and O–H groups in total. The highest BCUT2D eigenvalue weighted by molar-refractivity contribution is 7.17. The van der Waals surface area contributed by atoms with Crippen LogP contribution in [-0.2, 0) is 0 Å². The Morgan fingerprint density at radius 1 is 1.07 bits per heavy atom. The van der Waals surface area contributed by atoms with Crippen LogP contribution in [0.25, 0.3) is 10.6 Å². The number of rotatable bonds is 5. The van der Waals surface area contributed by atoms with Gasteiger partial charge in [0.2, 0.25) is 0 Å². The molecule has 162 valence electrons. The molecule has 1 aromatic heterocycles. The van der Waals surface area contributed by atoms with Gasteiger partial charge in [0.05, 0.1) is 25.5 Å². The van der Waals surface area contributed by atoms with E-state index in [1.165, 1.54) is 43.7 Å². The predicted octanol–water partition coefficient (Wildman–Crippen LogP) is 4.23. The number of aromatic nitrogens is 1. The summed E-state index contributed by atoms with van der Waals surface area (Å²) in [5, 5.41) is 0.787. The third kappa shape index (κ3) is 4.32. The van der Waals surface area contributed by atoms with E-state index in [0.29, 0.717) is 6.04 Å². The molecular weight excluding hydrogens is 398 g/mol. The van der Waals surface area contributed by atoms with Crippen molar-refractivity contribution in [2.24, 2.45) is 0 Å². The first kappa shape index (κ1) is 21.1. The number of likely N-dealkylation sites (tertiary alicyclic amines) is 2. The Kier molecular flexibility index (Phi) is 6.58. The average Bonchev–Trinajstić information content (AvgIpc) is 3.20. The van der Waals surface area contributed by atoms with E-state index in [9.17, 15) is 4.79 Å². The number of benzene rings is 1. The lowest BCUT2D eigenvalue weighted by atomic mass is 10.00. The van der Waals surface area contributed by atoms with Crippen molar-refractivity contribution in [3.8, 4) is 22.1 Å². The maximum Gasteiger partial charge on any atom is 0.265 e. The summed E-state index contributed by atoms with van der Waals surface area (Å²) >= 11 is 1.44. The smallest absolute Gasteiger partial charge is 0.265 e. The number of thiazole rings is 1. The molecule has 2 aromatic rings. The molecule has 2 aliphatic rings. The minimum absolute atomic E-state index is 0.107. The molecular formula is C23H31N3O3S. The largest absolute Gasteiger partial charge is 0.497 e. The number of hydrogen-bond donors (Lipinski definition) is 0. The van der Waals surface area contributed by atoms with E-state index >= 15 is 0 Å². The third-order valence-corrected chi connectivity index (χ3v) is 7.47. The van der Waals surface area contributed by atoms with Crippen LogP contribution < -0.4 is 9.47 Å². The van der Waals surface area contributed by atoms with Gasteiger partial charge in [0.25, 0.3) is 5.91 Å². The van der Waals surface area contributed by atoms with Crippen molar-refractivity contribution in [1.82, 2.24) is 14.8 Å². The number of nitrogens with zero attached hydrogens (tertiary/aromatic N) is 3. The molecule has 4 rings (SSSR count). The monoisotopic (exact) mass is 429 g/mol. The summed E-state index contributed by atoms with van der Waals surface area (Å²) in [6, 6.07) is 6.28. The SMILES string of the molecule is COc1ccc(OC)c(-c2nc(C)c(C(=O)N3CCC(N4CCCCC4)CC3)s2)c1. The van der Waals surface area contributed by atoms with E-state index < -0.39 is 0 Å². The Labute approximate surface area is 182 Å². The number of aryl methyl sites for hydroxylation is 1. The Morgan fingerprint density at radius 2 is 1.80 bits per heavy atom. The number of piperidine rings is 2. The first-order chi connectivity index (χ1) is 14.6. The molecule has 30 heavy (non-hydrogen) atoms. The van der Waals surface area contributed by atoms with Gasteiger partial charge in [-0.05, 0) is 63.9 Å². The molecule has 2 fully saturated rings. The van der Waals surface area contributed by atoms with Crippen molar-refractivity contribution >= 4 is 17.2 Å². The van der Waals surface area contributed by atoms with Crippen molar-refractivity contribution in [2.75, 3.05) is 40.4 Å². The molecule has 0 saturated carbocycles. The zero-order valence-corrected chi connectivity index (χ0v) is 19.0. The second-order valence-corrected chi connectivity index (χ2v) is 9.12. The Hall–Kier alpha value is -2.12. The fourth-order valence-electron chi connectivity index (χ4n) is 4.55. The molecule has 6 nitrogen and oxygen atoms in total. The van der Waals surface area contributed by atoms with E-state index in [1.807, 2.05) is 30.0 Å². The molecule has 0 bridgehead atoms. The number of ether oxygens (including phenoxy) is 2. The molecule has 0 unspecified atom stereocenters. The molecule has 3 heterocycles. The van der Waals surface area contributed by atoms with Gasteiger partial charge in [-0.2, -0.15) is 0 Å². The summed E-state index contributed by atoms with van der Waals surface area (Å²) in [6.45, 7) is 6.02. The maximum atomic E-state index is 13.3. The lowest BCUT2D eigenvalue weighted by Crippen LogP contribution is -2.48. The lowest BCUT2D eigenvalue weighted by molar-refractivity contribution is 0.0593. The van der Waals surface area contributed by atoms with Gasteiger partial charge >= 0.3 is 0 Å². The van der Waals surface area contributed by atoms with Crippen molar-refractivity contribution in [3.05, 3.63) is 28.8 Å². The molecule has 2 aliphatic heterocycles. The van der Waals surface area contributed by atoms with Crippen molar-refractivity contribution in [3.63, 3.8) is 0 Å². The van der Waals surface area contributed by atoms with Crippen LogP contribution in [-0.4, -0.2) is 67.1 Å². The van der Waals surface area contributed by atoms with Gasteiger partial charge in [-0.1, -0.05) is 6.42 Å². The Bertz CT molecular complexity index is 884. The Balaban J connectivity index is 1.48. The summed E-state index contributed by atoms with van der Waals surface area (Å²) in [5.74, 6) is 1.58. The van der Waals surface area contributed by atoms with Gasteiger partial charge < -0.3 is 19.3 Å². The summed E-state index contributed by atoms with van der Waals surface area (Å²) in [4.78, 5) is 23.3. The topological polar surface area (TPSA) is 54.9 Å². The minimum atomic E-state index is 0.107. The van der Waals surface area contributed by atoms with Crippen LogP contribution in [0.4, 0.5) is 0 Å². The van der Waals surface area contributed by atoms with Crippen LogP contribution in [0.3, 0.4) is 0 Å². The van der Waals surface area contributed by atoms with Crippen LogP contribution in [0.5, 0.6) is 11.5 Å². The normalized spacial score (nSPS) is 18.4. The molecule has 0 aliphatic carbocycles. The Morgan fingerprint density at radius 3 is 2.47 bits per heavy atom. The van der Waals surface area contributed by atoms with Gasteiger partial charge in [0, 0.05) is 19.1 Å². The fourth-order valence-corrected chi connectivity index (χ4v) is 5.61. The van der Waals surface area contributed by atoms with Crippen LogP contribution >= 0.6 is 11.3 Å². The minimum Gasteiger partial charge on any atom is -0.497 e. The molecule has 1 aromatic carbocycles. The second kappa shape index (κ2) is 9.35. The number of methoxy groups -OCH3 is 2. The fraction of sp³-hybridized carbons (Fsp3) is 0.565. The molecule has 0 spiro atoms. The van der Waals surface area contributed by atoms with Crippen molar-refractivity contribution in [1.29, 1.82) is 0 Å². The van der Waals surface area contributed by atoms with Gasteiger partial charge in [0.1, 0.15) is 21.4 Å². The first-order valence-corrected chi connectivity index (χ1v) is 11.7. The van der Waals surface area contributed by atoms with Crippen LogP contribution in [0, 0.1) is 6.92 Å². The standard InChI is InChI=1S/C23H31N3O3S/c1-16-21(30-22(24-16)19-15-18(28-2)7-8-20(19)29-3)23(27)26-13-9-17(10-14-26)25-11-5-4-6-12-25/h7-8,15,17H,4-6,9-14H2,1-3H3. The molecule has 2 saturated heterocycles. The van der Waals surface area contributed by atoms with Crippen LogP contribution in [0.15, 0.2) is 18.2 Å². The van der Waals surface area contributed by atoms with Gasteiger partial charge in [-0.3, -0.25) is 4.79 Å². The summed E-state index contributed by atoms with van der Waals surface area (Å²) in [5.41, 5.74) is 1.64. The summed E-state index contributed by atoms with van der Waals surface area (Å²) in [7, 11) is 3.28. The quantitative estimate of drug-likeness (QED) is 0.712. The molecule has 1 amide bonds. The van der Waals surface area contributed by atoms with Crippen LogP contribution in [0.1, 0.15) is 47.5 Å². The third-order valence-electron chi connectivity index (χ3n) is 6.29. The number of hydrogen-bond acceptors (Lipinski definition) is 6. The maximum absolute atomic E-state index is 13.3. The number of carbonyl (C=O) groups excluding carboxylic acids is 1. The predicted molar refractivity (Wildman–Crippen MR) is 120 cm³/mol. The first-order valence-electron chi connectivity index (χ1n) is 10.8. The van der Waals surface area contributed by atoms with Gasteiger partial charge in [-0.15, -0.1) is 11.3 Å². The molecule has 7 heteroatoms. The van der Waals surface area contributed by atoms with E-state index in [-0.39, 0.29) is 5.91 Å². The number of carbonyl (C=O) groups is 1. The summed E-state index contributed by atoms with van der Waals surface area (Å²) in [6.07, 6.45) is 6.13. The zero-order valence-electron chi connectivity index (χ0n) is 18.1. The van der Waals surface area contributed by atoms with E-state index in [2.05, 4.69) is 4.90 Å². The van der Waals surface area contributed by atoms with Gasteiger partial charge in [0.15, 0.2) is 0 Å².